The number of pyridine rings is 1. The van der Waals surface area contributed by atoms with Crippen molar-refractivity contribution in [1.82, 2.24) is 40.1 Å². The largest absolute Gasteiger partial charge is 0.508 e. The predicted molar refractivity (Wildman–Crippen MR) is 320 cm³/mol. The number of hydrogen-bond acceptors (Lipinski definition) is 14. The van der Waals surface area contributed by atoms with Gasteiger partial charge in [0, 0.05) is 67.9 Å². The van der Waals surface area contributed by atoms with E-state index in [-0.39, 0.29) is 93.0 Å². The van der Waals surface area contributed by atoms with Crippen LogP contribution in [0.25, 0.3) is 44.1 Å². The minimum Gasteiger partial charge on any atom is -0.508 e. The molecule has 17 nitrogen and oxygen atoms in total. The number of carbonyl (C=O) groups is 3. The van der Waals surface area contributed by atoms with Crippen LogP contribution in [-0.4, -0.2) is 141 Å². The molecule has 5 atom stereocenters. The topological polar surface area (TPSA) is 183 Å². The van der Waals surface area contributed by atoms with E-state index in [4.69, 9.17) is 25.4 Å². The Kier molecular flexibility index (Phi) is 15.8. The number of aromatic nitrogens is 4. The van der Waals surface area contributed by atoms with E-state index < -0.39 is 46.9 Å². The first-order chi connectivity index (χ1) is 41.7. The van der Waals surface area contributed by atoms with Crippen LogP contribution in [0, 0.1) is 46.9 Å². The molecule has 0 radical (unpaired) electrons. The summed E-state index contributed by atoms with van der Waals surface area (Å²) in [5, 5.41) is 19.2. The lowest BCUT2D eigenvalue weighted by atomic mass is 9.72. The van der Waals surface area contributed by atoms with Gasteiger partial charge in [-0.25, -0.2) is 22.4 Å². The monoisotopic (exact) mass is 1190 g/mol. The number of carbonyl (C=O) groups excluding carboxylic acids is 3. The van der Waals surface area contributed by atoms with Crippen LogP contribution < -0.4 is 19.9 Å². The molecule has 12 rings (SSSR count). The molecule has 5 unspecified atom stereocenters. The van der Waals surface area contributed by atoms with Crippen LogP contribution in [-0.2, 0) is 14.3 Å². The normalized spacial score (nSPS) is 20.0. The highest BCUT2D eigenvalue weighted by Crippen LogP contribution is 2.45. The predicted octanol–water partition coefficient (Wildman–Crippen LogP) is 10.9. The summed E-state index contributed by atoms with van der Waals surface area (Å²) in [5.41, 5.74) is 0.104. The number of benzene rings is 4. The van der Waals surface area contributed by atoms with E-state index in [9.17, 15) is 28.3 Å². The molecule has 5 aliphatic heterocycles. The standard InChI is InChI=1S/C66H70F4N10O7/c1-8-45-48(67)21-18-41-29-44(81)30-46(55(41)45)58-57(70)59-47(32-71-58)60(77-33-42-19-20-43(34-77)80(42)64(84)86-65(5,6)7)74-63(73-59)85-28-27-76-25-22-66(23-26-76)35-78(36-66)53-31-52(87-75-53)54(37(2)3)62(83)79-24-10-13-51(79)61(82)72-38(4)39-14-16-40(17-15-39)56-49(68)11-9-12-50(56)69/h1,9,11-12,14-18,21,29-32,37-38,42-43,51,54,81H,10,13,19-20,22-28,33-36H2,2-7H3,(H,72,82). The van der Waals surface area contributed by atoms with Crippen LogP contribution in [0.2, 0.25) is 0 Å². The zero-order valence-electron chi connectivity index (χ0n) is 49.6. The summed E-state index contributed by atoms with van der Waals surface area (Å²) in [6.45, 7) is 16.3. The number of phenols is 1. The van der Waals surface area contributed by atoms with Crippen LogP contribution in [0.15, 0.2) is 83.5 Å². The molecule has 5 aliphatic rings. The average Bonchev–Trinajstić information content (AvgIpc) is 1.66. The quantitative estimate of drug-likeness (QED) is 0.0775. The third-order valence-electron chi connectivity index (χ3n) is 18.0. The summed E-state index contributed by atoms with van der Waals surface area (Å²) in [7, 11) is 0. The van der Waals surface area contributed by atoms with Gasteiger partial charge in [-0.15, -0.1) is 6.42 Å². The fourth-order valence-corrected chi connectivity index (χ4v) is 13.6. The summed E-state index contributed by atoms with van der Waals surface area (Å²) in [6.07, 6.45) is 11.4. The van der Waals surface area contributed by atoms with E-state index in [0.717, 1.165) is 57.4 Å². The lowest BCUT2D eigenvalue weighted by Crippen LogP contribution is -2.60. The SMILES string of the molecule is C#Cc1c(F)ccc2cc(O)cc(-c3ncc4c(N5CC6CCC(C5)N6C(=O)OC(C)(C)C)nc(OCCN5CCC6(CC5)CN(c5cc(C(C(=O)N7CCCC7C(=O)NC(C)c7ccc(-c8c(F)cccc8F)cc7)C(C)C)on5)C6)nc4c3F)c12. The van der Waals surface area contributed by atoms with Crippen molar-refractivity contribution in [1.29, 1.82) is 0 Å². The molecule has 5 fully saturated rings. The van der Waals surface area contributed by atoms with Gasteiger partial charge in [0.2, 0.25) is 11.8 Å². The molecular formula is C66H70F4N10O7. The maximum Gasteiger partial charge on any atom is 0.410 e. The van der Waals surface area contributed by atoms with Gasteiger partial charge in [0.05, 0.1) is 34.6 Å². The molecule has 5 saturated heterocycles. The van der Waals surface area contributed by atoms with Crippen LogP contribution in [0.5, 0.6) is 11.8 Å². The molecule has 2 N–H and O–H groups in total. The molecule has 2 bridgehead atoms. The number of phenolic OH excluding ortho intramolecular Hbond substituents is 1. The number of amides is 3. The third kappa shape index (κ3) is 11.4. The lowest BCUT2D eigenvalue weighted by molar-refractivity contribution is -0.141. The summed E-state index contributed by atoms with van der Waals surface area (Å²) < 4.78 is 79.6. The number of hydrogen-bond donors (Lipinski definition) is 2. The van der Waals surface area contributed by atoms with Gasteiger partial charge in [-0.3, -0.25) is 24.4 Å². The minimum atomic E-state index is -0.836. The Hall–Kier alpha value is -8.51. The van der Waals surface area contributed by atoms with Crippen LogP contribution in [0.1, 0.15) is 109 Å². The van der Waals surface area contributed by atoms with E-state index in [2.05, 4.69) is 36.2 Å². The van der Waals surface area contributed by atoms with Crippen molar-refractivity contribution in [2.75, 3.05) is 68.8 Å². The fourth-order valence-electron chi connectivity index (χ4n) is 13.6. The zero-order chi connectivity index (χ0) is 61.2. The second kappa shape index (κ2) is 23.3. The Balaban J connectivity index is 0.688. The smallest absolute Gasteiger partial charge is 0.410 e. The summed E-state index contributed by atoms with van der Waals surface area (Å²) >= 11 is 0. The number of rotatable bonds is 14. The Morgan fingerprint density at radius 1 is 0.885 bits per heavy atom. The highest BCUT2D eigenvalue weighted by atomic mass is 19.1. The van der Waals surface area contributed by atoms with Gasteiger partial charge in [-0.1, -0.05) is 61.3 Å². The first-order valence-electron chi connectivity index (χ1n) is 29.9. The van der Waals surface area contributed by atoms with Crippen LogP contribution in [0.4, 0.5) is 34.0 Å². The maximum absolute atomic E-state index is 17.4. The highest BCUT2D eigenvalue weighted by Gasteiger charge is 2.48. The van der Waals surface area contributed by atoms with Crippen molar-refractivity contribution < 1.29 is 51.0 Å². The molecule has 4 aromatic carbocycles. The molecular weight excluding hydrogens is 1120 g/mol. The van der Waals surface area contributed by atoms with Crippen LogP contribution in [0.3, 0.4) is 0 Å². The second-order valence-electron chi connectivity index (χ2n) is 25.3. The van der Waals surface area contributed by atoms with Gasteiger partial charge in [0.15, 0.2) is 17.4 Å². The number of piperazine rings is 1. The molecule has 3 amide bonds. The molecule has 3 aromatic heterocycles. The van der Waals surface area contributed by atoms with Crippen molar-refractivity contribution >= 4 is 51.2 Å². The molecule has 21 heteroatoms. The number of halogens is 4. The van der Waals surface area contributed by atoms with E-state index in [1.54, 1.807) is 29.2 Å². The zero-order valence-corrected chi connectivity index (χ0v) is 49.6. The van der Waals surface area contributed by atoms with Gasteiger partial charge in [0.25, 0.3) is 0 Å². The number of likely N-dealkylation sites (tertiary alicyclic amines) is 2. The Morgan fingerprint density at radius 3 is 2.28 bits per heavy atom. The maximum atomic E-state index is 17.4. The number of terminal acetylenes is 1. The first kappa shape index (κ1) is 58.9. The van der Waals surface area contributed by atoms with E-state index in [0.29, 0.717) is 72.8 Å². The highest BCUT2D eigenvalue weighted by molar-refractivity contribution is 6.03. The van der Waals surface area contributed by atoms with Crippen molar-refractivity contribution in [3.8, 4) is 46.5 Å². The number of nitrogens with one attached hydrogen (secondary N) is 1. The van der Waals surface area contributed by atoms with Crippen molar-refractivity contribution in [3.63, 3.8) is 0 Å². The molecule has 8 heterocycles. The van der Waals surface area contributed by atoms with Crippen molar-refractivity contribution in [3.05, 3.63) is 119 Å². The lowest BCUT2D eigenvalue weighted by Gasteiger charge is -2.54. The van der Waals surface area contributed by atoms with Gasteiger partial charge >= 0.3 is 12.1 Å². The van der Waals surface area contributed by atoms with E-state index >= 15 is 8.78 Å². The molecule has 454 valence electrons. The van der Waals surface area contributed by atoms with Gasteiger partial charge in [-0.05, 0) is 132 Å². The van der Waals surface area contributed by atoms with Gasteiger partial charge < -0.3 is 39.1 Å². The van der Waals surface area contributed by atoms with Crippen LogP contribution >= 0.6 is 0 Å². The van der Waals surface area contributed by atoms with Crippen molar-refractivity contribution in [2.45, 2.75) is 116 Å². The van der Waals surface area contributed by atoms with E-state index in [1.165, 1.54) is 48.7 Å². The number of piperidine rings is 1. The molecule has 0 aliphatic carbocycles. The second-order valence-corrected chi connectivity index (χ2v) is 25.3. The third-order valence-corrected chi connectivity index (χ3v) is 18.0. The number of anilines is 2. The Morgan fingerprint density at radius 2 is 1.60 bits per heavy atom. The Labute approximate surface area is 502 Å². The summed E-state index contributed by atoms with van der Waals surface area (Å²) in [6, 6.07) is 16.2. The molecule has 7 aromatic rings. The van der Waals surface area contributed by atoms with Crippen molar-refractivity contribution in [2.24, 2.45) is 11.3 Å². The summed E-state index contributed by atoms with van der Waals surface area (Å²) in [5.74, 6) is -0.442. The number of ether oxygens (including phenoxy) is 2. The van der Waals surface area contributed by atoms with Gasteiger partial charge in [-0.2, -0.15) is 9.97 Å². The fraction of sp³-hybridized carbons (Fsp3) is 0.439. The van der Waals surface area contributed by atoms with Gasteiger partial charge in [0.1, 0.15) is 64.4 Å². The number of aromatic hydroxyl groups is 1. The molecule has 1 spiro atoms. The first-order valence-corrected chi connectivity index (χ1v) is 29.9. The molecule has 0 saturated carbocycles. The summed E-state index contributed by atoms with van der Waals surface area (Å²) in [4.78, 5) is 65.8. The van der Waals surface area contributed by atoms with E-state index in [1.807, 2.05) is 57.4 Å². The Bertz CT molecular complexity index is 3820. The molecule has 87 heavy (non-hydrogen) atoms. The minimum absolute atomic E-state index is 0.0525. The average molecular weight is 1190 g/mol. The number of fused-ring (bicyclic) bond motifs is 4. The number of nitrogens with zero attached hydrogens (tertiary/aromatic N) is 9.